The highest BCUT2D eigenvalue weighted by atomic mass is 19.4. The number of piperidine rings is 2. The standard InChI is InChI=1S/C31H37F3N6O2/c32-31(33,34)28-17-27(19-37-29(28)18-35)42-26-15-24-5-6-25(16-26)40(24)30(41)22-1-3-23(4-2-22)39-13-11-38(12-14-39)20-21-7-9-36-10-8-21/h1-4,17,19,21,24-26,36H,5-16,20H2. The third kappa shape index (κ3) is 6.20. The van der Waals surface area contributed by atoms with Crippen molar-refractivity contribution >= 4 is 11.6 Å². The Morgan fingerprint density at radius 2 is 1.69 bits per heavy atom. The van der Waals surface area contributed by atoms with Crippen LogP contribution in [0.3, 0.4) is 0 Å². The number of amides is 1. The van der Waals surface area contributed by atoms with Crippen LogP contribution in [0.15, 0.2) is 36.5 Å². The minimum absolute atomic E-state index is 0.00121. The zero-order chi connectivity index (χ0) is 29.3. The van der Waals surface area contributed by atoms with E-state index in [0.717, 1.165) is 69.8 Å². The van der Waals surface area contributed by atoms with Crippen LogP contribution in [0.4, 0.5) is 18.9 Å². The van der Waals surface area contributed by atoms with Gasteiger partial charge in [-0.05, 0) is 75.0 Å². The van der Waals surface area contributed by atoms with Crippen LogP contribution in [0.1, 0.15) is 60.1 Å². The molecule has 11 heteroatoms. The molecule has 1 aromatic carbocycles. The lowest BCUT2D eigenvalue weighted by Crippen LogP contribution is -2.49. The van der Waals surface area contributed by atoms with Crippen LogP contribution in [-0.2, 0) is 6.18 Å². The number of fused-ring (bicyclic) bond motifs is 2. The summed E-state index contributed by atoms with van der Waals surface area (Å²) in [6.45, 7) is 7.52. The number of hydrogen-bond donors (Lipinski definition) is 1. The van der Waals surface area contributed by atoms with Crippen molar-refractivity contribution in [3.05, 3.63) is 53.3 Å². The summed E-state index contributed by atoms with van der Waals surface area (Å²) in [5.74, 6) is 0.789. The first kappa shape index (κ1) is 28.7. The van der Waals surface area contributed by atoms with Gasteiger partial charge in [0.1, 0.15) is 17.9 Å². The van der Waals surface area contributed by atoms with Gasteiger partial charge in [-0.25, -0.2) is 4.98 Å². The molecule has 4 saturated heterocycles. The summed E-state index contributed by atoms with van der Waals surface area (Å²) in [4.78, 5) is 24.1. The van der Waals surface area contributed by atoms with E-state index < -0.39 is 17.4 Å². The number of anilines is 1. The number of pyridine rings is 1. The molecule has 2 atom stereocenters. The molecule has 1 N–H and O–H groups in total. The van der Waals surface area contributed by atoms with E-state index in [4.69, 9.17) is 10.00 Å². The number of aromatic nitrogens is 1. The maximum Gasteiger partial charge on any atom is 0.419 e. The molecule has 4 aliphatic rings. The van der Waals surface area contributed by atoms with E-state index in [2.05, 4.69) is 20.1 Å². The molecule has 4 fully saturated rings. The Balaban J connectivity index is 1.03. The van der Waals surface area contributed by atoms with E-state index in [-0.39, 0.29) is 29.8 Å². The van der Waals surface area contributed by atoms with E-state index >= 15 is 0 Å². The van der Waals surface area contributed by atoms with Crippen molar-refractivity contribution in [1.29, 1.82) is 5.26 Å². The first-order chi connectivity index (χ1) is 20.3. The summed E-state index contributed by atoms with van der Waals surface area (Å²) in [5, 5.41) is 12.4. The van der Waals surface area contributed by atoms with E-state index in [1.165, 1.54) is 31.7 Å². The lowest BCUT2D eigenvalue weighted by molar-refractivity contribution is -0.138. The van der Waals surface area contributed by atoms with Gasteiger partial charge in [0.05, 0.1) is 11.8 Å². The van der Waals surface area contributed by atoms with E-state index in [0.29, 0.717) is 18.4 Å². The minimum atomic E-state index is -4.69. The number of hydrogen-bond acceptors (Lipinski definition) is 7. The van der Waals surface area contributed by atoms with E-state index in [9.17, 15) is 18.0 Å². The topological polar surface area (TPSA) is 84.7 Å². The Kier molecular flexibility index (Phi) is 8.28. The van der Waals surface area contributed by atoms with Crippen LogP contribution >= 0.6 is 0 Å². The molecule has 2 unspecified atom stereocenters. The zero-order valence-electron chi connectivity index (χ0n) is 23.7. The molecule has 1 amide bonds. The molecule has 224 valence electrons. The van der Waals surface area contributed by atoms with Crippen LogP contribution in [0.5, 0.6) is 5.75 Å². The van der Waals surface area contributed by atoms with Crippen molar-refractivity contribution in [3.63, 3.8) is 0 Å². The molecule has 0 saturated carbocycles. The predicted molar refractivity (Wildman–Crippen MR) is 151 cm³/mol. The summed E-state index contributed by atoms with van der Waals surface area (Å²) in [5.41, 5.74) is 0.0277. The molecular weight excluding hydrogens is 545 g/mol. The number of benzene rings is 1. The molecular formula is C31H37F3N6O2. The second-order valence-electron chi connectivity index (χ2n) is 12.0. The van der Waals surface area contributed by atoms with Crippen LogP contribution in [0.2, 0.25) is 0 Å². The van der Waals surface area contributed by atoms with Crippen molar-refractivity contribution < 1.29 is 22.7 Å². The highest BCUT2D eigenvalue weighted by molar-refractivity contribution is 5.95. The van der Waals surface area contributed by atoms with Crippen molar-refractivity contribution in [1.82, 2.24) is 20.1 Å². The van der Waals surface area contributed by atoms with Crippen LogP contribution in [0, 0.1) is 17.2 Å². The van der Waals surface area contributed by atoms with Gasteiger partial charge in [0, 0.05) is 68.9 Å². The number of alkyl halides is 3. The summed E-state index contributed by atoms with van der Waals surface area (Å²) in [6, 6.07) is 10.2. The van der Waals surface area contributed by atoms with Gasteiger partial charge in [0.15, 0.2) is 5.69 Å². The van der Waals surface area contributed by atoms with Gasteiger partial charge in [-0.3, -0.25) is 9.69 Å². The molecule has 2 bridgehead atoms. The third-order valence-electron chi connectivity index (χ3n) is 9.33. The number of piperazine rings is 1. The average molecular weight is 583 g/mol. The number of carbonyl (C=O) groups excluding carboxylic acids is 1. The quantitative estimate of drug-likeness (QED) is 0.544. The molecule has 4 aliphatic heterocycles. The maximum atomic E-state index is 13.6. The number of ether oxygens (including phenoxy) is 1. The van der Waals surface area contributed by atoms with Gasteiger partial charge in [0.2, 0.25) is 0 Å². The van der Waals surface area contributed by atoms with E-state index in [1.54, 1.807) is 0 Å². The van der Waals surface area contributed by atoms with Crippen molar-refractivity contribution in [3.8, 4) is 11.8 Å². The Labute approximate surface area is 244 Å². The predicted octanol–water partition coefficient (Wildman–Crippen LogP) is 4.31. The maximum absolute atomic E-state index is 13.6. The van der Waals surface area contributed by atoms with Gasteiger partial charge in [-0.15, -0.1) is 0 Å². The molecule has 5 heterocycles. The lowest BCUT2D eigenvalue weighted by atomic mass is 9.97. The van der Waals surface area contributed by atoms with Gasteiger partial charge in [-0.2, -0.15) is 18.4 Å². The van der Waals surface area contributed by atoms with Crippen LogP contribution in [-0.4, -0.2) is 84.7 Å². The molecule has 0 spiro atoms. The largest absolute Gasteiger partial charge is 0.489 e. The van der Waals surface area contributed by atoms with Gasteiger partial charge in [0.25, 0.3) is 5.91 Å². The van der Waals surface area contributed by atoms with Crippen LogP contribution in [0.25, 0.3) is 0 Å². The highest BCUT2D eigenvalue weighted by Gasteiger charge is 2.44. The highest BCUT2D eigenvalue weighted by Crippen LogP contribution is 2.39. The number of nitrogens with one attached hydrogen (secondary N) is 1. The van der Waals surface area contributed by atoms with Crippen molar-refractivity contribution in [2.24, 2.45) is 5.92 Å². The number of halogens is 3. The first-order valence-electron chi connectivity index (χ1n) is 15.0. The molecule has 0 radical (unpaired) electrons. The SMILES string of the molecule is N#Cc1ncc(OC2CC3CCC(C2)N3C(=O)c2ccc(N3CCN(CC4CCNCC4)CC3)cc2)cc1C(F)(F)F. The number of nitriles is 1. The minimum Gasteiger partial charge on any atom is -0.489 e. The second-order valence-corrected chi connectivity index (χ2v) is 12.0. The molecule has 0 aliphatic carbocycles. The third-order valence-corrected chi connectivity index (χ3v) is 9.33. The van der Waals surface area contributed by atoms with Gasteiger partial charge >= 0.3 is 6.18 Å². The fraction of sp³-hybridized carbons (Fsp3) is 0.581. The number of rotatable bonds is 6. The summed E-state index contributed by atoms with van der Waals surface area (Å²) in [7, 11) is 0. The second kappa shape index (κ2) is 12.1. The Bertz CT molecular complexity index is 1290. The lowest BCUT2D eigenvalue weighted by Gasteiger charge is -2.39. The van der Waals surface area contributed by atoms with Crippen molar-refractivity contribution in [2.45, 2.75) is 62.9 Å². The van der Waals surface area contributed by atoms with Crippen molar-refractivity contribution in [2.75, 3.05) is 50.7 Å². The molecule has 6 rings (SSSR count). The summed E-state index contributed by atoms with van der Waals surface area (Å²) < 4.78 is 46.0. The first-order valence-corrected chi connectivity index (χ1v) is 15.0. The fourth-order valence-corrected chi connectivity index (χ4v) is 7.14. The fourth-order valence-electron chi connectivity index (χ4n) is 7.14. The van der Waals surface area contributed by atoms with Gasteiger partial charge in [-0.1, -0.05) is 0 Å². The molecule has 8 nitrogen and oxygen atoms in total. The number of nitrogens with zero attached hydrogens (tertiary/aromatic N) is 5. The molecule has 1 aromatic heterocycles. The number of carbonyl (C=O) groups is 1. The normalized spacial score (nSPS) is 25.3. The summed E-state index contributed by atoms with van der Waals surface area (Å²) >= 11 is 0. The smallest absolute Gasteiger partial charge is 0.419 e. The molecule has 42 heavy (non-hydrogen) atoms. The van der Waals surface area contributed by atoms with Gasteiger partial charge < -0.3 is 19.9 Å². The average Bonchev–Trinajstić information content (AvgIpc) is 3.27. The Morgan fingerprint density at radius 1 is 1.02 bits per heavy atom. The molecule has 2 aromatic rings. The zero-order valence-corrected chi connectivity index (χ0v) is 23.7. The Morgan fingerprint density at radius 3 is 2.31 bits per heavy atom. The monoisotopic (exact) mass is 582 g/mol. The summed E-state index contributed by atoms with van der Waals surface area (Å²) in [6.07, 6.45) is 1.46. The van der Waals surface area contributed by atoms with Crippen LogP contribution < -0.4 is 15.0 Å². The Hall–Kier alpha value is -3.36. The van der Waals surface area contributed by atoms with E-state index in [1.807, 2.05) is 29.2 Å².